The zero-order valence-corrected chi connectivity index (χ0v) is 11.6. The van der Waals surface area contributed by atoms with Gasteiger partial charge in [-0.2, -0.15) is 0 Å². The van der Waals surface area contributed by atoms with Gasteiger partial charge in [0.2, 0.25) is 11.1 Å². The van der Waals surface area contributed by atoms with Crippen LogP contribution in [0.3, 0.4) is 0 Å². The number of hydrogen-bond acceptors (Lipinski definition) is 5. The van der Waals surface area contributed by atoms with E-state index in [4.69, 9.17) is 23.2 Å². The average molecular weight is 298 g/mol. The van der Waals surface area contributed by atoms with Crippen molar-refractivity contribution in [1.29, 1.82) is 0 Å². The molecule has 1 aromatic carbocycles. The zero-order chi connectivity index (χ0) is 14.0. The van der Waals surface area contributed by atoms with Crippen LogP contribution >= 0.6 is 23.4 Å². The lowest BCUT2D eigenvalue weighted by atomic mass is 10.2. The Morgan fingerprint density at radius 3 is 2.58 bits per heavy atom. The summed E-state index contributed by atoms with van der Waals surface area (Å²) in [7, 11) is 0. The Labute approximate surface area is 119 Å². The standard InChI is InChI=1S/C11H12ClN5OS/c1-6(9(13)18)19-11-16-15-10(17(11)14)7-2-4-8(12)5-3-7/h2-6H,14H2,1H3,(H2,13,18)/t6-/m1/s1. The first-order valence-corrected chi connectivity index (χ1v) is 6.67. The molecular formula is C11H12ClN5OS. The van der Waals surface area contributed by atoms with Crippen LogP contribution in [-0.2, 0) is 4.79 Å². The Bertz CT molecular complexity index is 598. The average Bonchev–Trinajstić information content (AvgIpc) is 2.72. The van der Waals surface area contributed by atoms with Gasteiger partial charge in [-0.3, -0.25) is 4.79 Å². The van der Waals surface area contributed by atoms with Gasteiger partial charge in [0, 0.05) is 10.6 Å². The van der Waals surface area contributed by atoms with E-state index in [0.29, 0.717) is 16.0 Å². The van der Waals surface area contributed by atoms with E-state index in [9.17, 15) is 4.79 Å². The molecule has 100 valence electrons. The number of thioether (sulfide) groups is 1. The summed E-state index contributed by atoms with van der Waals surface area (Å²) in [5.74, 6) is 5.97. The molecular weight excluding hydrogens is 286 g/mol. The number of amides is 1. The van der Waals surface area contributed by atoms with Crippen LogP contribution in [0, 0.1) is 0 Å². The first-order chi connectivity index (χ1) is 8.99. The van der Waals surface area contributed by atoms with E-state index in [0.717, 1.165) is 17.3 Å². The molecule has 1 amide bonds. The molecule has 0 bridgehead atoms. The SMILES string of the molecule is C[C@@H](Sc1nnc(-c2ccc(Cl)cc2)n1N)C(N)=O. The molecule has 0 fully saturated rings. The number of nitrogen functional groups attached to an aromatic ring is 1. The second-order valence-corrected chi connectivity index (χ2v) is 5.59. The summed E-state index contributed by atoms with van der Waals surface area (Å²) in [6.45, 7) is 1.68. The fourth-order valence-corrected chi connectivity index (χ4v) is 2.22. The summed E-state index contributed by atoms with van der Waals surface area (Å²) in [6.07, 6.45) is 0. The van der Waals surface area contributed by atoms with Gasteiger partial charge in [-0.25, -0.2) is 4.68 Å². The first kappa shape index (κ1) is 13.7. The molecule has 0 aliphatic carbocycles. The molecule has 1 atom stereocenters. The van der Waals surface area contributed by atoms with Crippen molar-refractivity contribution >= 4 is 29.3 Å². The van der Waals surface area contributed by atoms with E-state index in [1.807, 2.05) is 0 Å². The molecule has 19 heavy (non-hydrogen) atoms. The number of aromatic nitrogens is 3. The number of carbonyl (C=O) groups excluding carboxylic acids is 1. The predicted molar refractivity (Wildman–Crippen MR) is 75.1 cm³/mol. The molecule has 0 aliphatic heterocycles. The van der Waals surface area contributed by atoms with Crippen molar-refractivity contribution in [2.24, 2.45) is 5.73 Å². The van der Waals surface area contributed by atoms with E-state index in [-0.39, 0.29) is 0 Å². The number of carbonyl (C=O) groups is 1. The van der Waals surface area contributed by atoms with Crippen molar-refractivity contribution in [3.05, 3.63) is 29.3 Å². The van der Waals surface area contributed by atoms with Crippen LogP contribution < -0.4 is 11.6 Å². The van der Waals surface area contributed by atoms with Crippen molar-refractivity contribution in [3.8, 4) is 11.4 Å². The predicted octanol–water partition coefficient (Wildman–Crippen LogP) is 1.28. The summed E-state index contributed by atoms with van der Waals surface area (Å²) in [4.78, 5) is 11.0. The highest BCUT2D eigenvalue weighted by molar-refractivity contribution is 8.00. The van der Waals surface area contributed by atoms with Gasteiger partial charge in [0.25, 0.3) is 0 Å². The largest absolute Gasteiger partial charge is 0.369 e. The highest BCUT2D eigenvalue weighted by atomic mass is 35.5. The summed E-state index contributed by atoms with van der Waals surface area (Å²) >= 11 is 6.98. The van der Waals surface area contributed by atoms with Crippen LogP contribution in [0.15, 0.2) is 29.4 Å². The third kappa shape index (κ3) is 2.99. The highest BCUT2D eigenvalue weighted by Gasteiger charge is 2.17. The van der Waals surface area contributed by atoms with Crippen LogP contribution in [0.5, 0.6) is 0 Å². The van der Waals surface area contributed by atoms with Gasteiger partial charge in [-0.1, -0.05) is 23.4 Å². The molecule has 0 aliphatic rings. The van der Waals surface area contributed by atoms with Gasteiger partial charge in [-0.15, -0.1) is 10.2 Å². The number of nitrogens with zero attached hydrogens (tertiary/aromatic N) is 3. The van der Waals surface area contributed by atoms with Gasteiger partial charge in [-0.05, 0) is 31.2 Å². The second kappa shape index (κ2) is 5.50. The van der Waals surface area contributed by atoms with Gasteiger partial charge in [0.15, 0.2) is 5.82 Å². The Balaban J connectivity index is 2.27. The third-order valence-corrected chi connectivity index (χ3v) is 3.78. The molecule has 0 spiro atoms. The summed E-state index contributed by atoms with van der Waals surface area (Å²) in [5.41, 5.74) is 5.99. The van der Waals surface area contributed by atoms with Gasteiger partial charge >= 0.3 is 0 Å². The minimum absolute atomic E-state index is 0.426. The monoisotopic (exact) mass is 297 g/mol. The smallest absolute Gasteiger partial charge is 0.230 e. The minimum atomic E-state index is -0.430. The molecule has 1 heterocycles. The summed E-state index contributed by atoms with van der Waals surface area (Å²) in [6, 6.07) is 7.07. The lowest BCUT2D eigenvalue weighted by Gasteiger charge is -2.06. The Morgan fingerprint density at radius 1 is 1.37 bits per heavy atom. The number of hydrogen-bond donors (Lipinski definition) is 2. The second-order valence-electron chi connectivity index (χ2n) is 3.85. The molecule has 2 rings (SSSR count). The molecule has 4 N–H and O–H groups in total. The van der Waals surface area contributed by atoms with Crippen LogP contribution in [0.2, 0.25) is 5.02 Å². The molecule has 6 nitrogen and oxygen atoms in total. The van der Waals surface area contributed by atoms with E-state index in [2.05, 4.69) is 10.2 Å². The van der Waals surface area contributed by atoms with Crippen molar-refractivity contribution in [2.75, 3.05) is 5.84 Å². The topological polar surface area (TPSA) is 99.8 Å². The van der Waals surface area contributed by atoms with Crippen molar-refractivity contribution < 1.29 is 4.79 Å². The highest BCUT2D eigenvalue weighted by Crippen LogP contribution is 2.25. The maximum Gasteiger partial charge on any atom is 0.230 e. The van der Waals surface area contributed by atoms with Crippen LogP contribution in [0.25, 0.3) is 11.4 Å². The maximum absolute atomic E-state index is 11.0. The lowest BCUT2D eigenvalue weighted by molar-refractivity contribution is -0.117. The molecule has 1 aromatic heterocycles. The molecule has 0 saturated heterocycles. The van der Waals surface area contributed by atoms with Gasteiger partial charge in [0.05, 0.1) is 5.25 Å². The Kier molecular flexibility index (Phi) is 3.96. The number of primary amides is 1. The van der Waals surface area contributed by atoms with Crippen LogP contribution in [-0.4, -0.2) is 26.0 Å². The van der Waals surface area contributed by atoms with Crippen LogP contribution in [0.4, 0.5) is 0 Å². The number of rotatable bonds is 4. The van der Waals surface area contributed by atoms with Gasteiger partial charge in [0.1, 0.15) is 0 Å². The lowest BCUT2D eigenvalue weighted by Crippen LogP contribution is -2.23. The van der Waals surface area contributed by atoms with E-state index in [1.54, 1.807) is 31.2 Å². The molecule has 0 unspecified atom stereocenters. The fourth-order valence-electron chi connectivity index (χ4n) is 1.37. The fraction of sp³-hybridized carbons (Fsp3) is 0.182. The third-order valence-electron chi connectivity index (χ3n) is 2.45. The van der Waals surface area contributed by atoms with Crippen LogP contribution in [0.1, 0.15) is 6.92 Å². The van der Waals surface area contributed by atoms with E-state index < -0.39 is 11.2 Å². The molecule has 8 heteroatoms. The zero-order valence-electron chi connectivity index (χ0n) is 10.1. The molecule has 2 aromatic rings. The van der Waals surface area contributed by atoms with Crippen molar-refractivity contribution in [2.45, 2.75) is 17.3 Å². The first-order valence-electron chi connectivity index (χ1n) is 5.41. The minimum Gasteiger partial charge on any atom is -0.369 e. The number of halogens is 1. The maximum atomic E-state index is 11.0. The summed E-state index contributed by atoms with van der Waals surface area (Å²) < 4.78 is 1.33. The molecule has 0 saturated carbocycles. The quantitative estimate of drug-likeness (QED) is 0.654. The number of nitrogens with two attached hydrogens (primary N) is 2. The van der Waals surface area contributed by atoms with Crippen molar-refractivity contribution in [3.63, 3.8) is 0 Å². The van der Waals surface area contributed by atoms with Crippen molar-refractivity contribution in [1.82, 2.24) is 14.9 Å². The number of benzene rings is 1. The Morgan fingerprint density at radius 2 is 2.00 bits per heavy atom. The van der Waals surface area contributed by atoms with E-state index in [1.165, 1.54) is 4.68 Å². The Hall–Kier alpha value is -1.73. The van der Waals surface area contributed by atoms with Gasteiger partial charge < -0.3 is 11.6 Å². The van der Waals surface area contributed by atoms with E-state index >= 15 is 0 Å². The normalized spacial score (nSPS) is 12.3. The summed E-state index contributed by atoms with van der Waals surface area (Å²) in [5, 5.41) is 8.58. The molecule has 0 radical (unpaired) electrons.